The maximum absolute atomic E-state index is 6.29. The number of hydrogen-bond acceptors (Lipinski definition) is 4. The van der Waals surface area contributed by atoms with Crippen molar-refractivity contribution in [1.82, 2.24) is 14.5 Å². The van der Waals surface area contributed by atoms with Crippen LogP contribution >= 0.6 is 11.3 Å². The van der Waals surface area contributed by atoms with Crippen molar-refractivity contribution in [3.05, 3.63) is 140 Å². The van der Waals surface area contributed by atoms with Crippen LogP contribution < -0.4 is 0 Å². The molecule has 6 aromatic carbocycles. The van der Waals surface area contributed by atoms with Crippen LogP contribution in [0.5, 0.6) is 0 Å². The van der Waals surface area contributed by atoms with Crippen LogP contribution in [0.1, 0.15) is 0 Å². The van der Waals surface area contributed by atoms with Crippen LogP contribution in [0.3, 0.4) is 0 Å². The molecule has 210 valence electrons. The molecule has 45 heavy (non-hydrogen) atoms. The number of benzene rings is 6. The summed E-state index contributed by atoms with van der Waals surface area (Å²) in [6, 6.07) is 48.8. The zero-order valence-corrected chi connectivity index (χ0v) is 24.8. The van der Waals surface area contributed by atoms with Crippen LogP contribution in [0.2, 0.25) is 0 Å². The Morgan fingerprint density at radius 3 is 2.20 bits per heavy atom. The zero-order chi connectivity index (χ0) is 29.5. The highest BCUT2D eigenvalue weighted by atomic mass is 32.1. The summed E-state index contributed by atoms with van der Waals surface area (Å²) in [7, 11) is 0. The first kappa shape index (κ1) is 24.6. The molecule has 0 aliphatic rings. The molecule has 0 aliphatic heterocycles. The maximum atomic E-state index is 6.29. The summed E-state index contributed by atoms with van der Waals surface area (Å²) in [6.07, 6.45) is 0. The molecular weight excluding hydrogens is 571 g/mol. The van der Waals surface area contributed by atoms with Gasteiger partial charge >= 0.3 is 0 Å². The Hall–Kier alpha value is -5.78. The molecule has 0 saturated carbocycles. The van der Waals surface area contributed by atoms with E-state index in [4.69, 9.17) is 14.4 Å². The molecule has 4 aromatic heterocycles. The summed E-state index contributed by atoms with van der Waals surface area (Å²) in [5.41, 5.74) is 9.21. The lowest BCUT2D eigenvalue weighted by molar-refractivity contribution is 0.669. The van der Waals surface area contributed by atoms with Gasteiger partial charge in [-0.3, -0.25) is 0 Å². The number of furan rings is 1. The first-order valence-corrected chi connectivity index (χ1v) is 15.8. The number of rotatable bonds is 3. The summed E-state index contributed by atoms with van der Waals surface area (Å²) in [5, 5.41) is 5.86. The average molecular weight is 594 g/mol. The fourth-order valence-corrected chi connectivity index (χ4v) is 8.00. The fourth-order valence-electron chi connectivity index (χ4n) is 6.85. The number of fused-ring (bicyclic) bond motifs is 10. The largest absolute Gasteiger partial charge is 0.456 e. The topological polar surface area (TPSA) is 43.9 Å². The third-order valence-corrected chi connectivity index (χ3v) is 9.97. The molecule has 0 spiro atoms. The summed E-state index contributed by atoms with van der Waals surface area (Å²) < 4.78 is 11.0. The summed E-state index contributed by atoms with van der Waals surface area (Å²) in [4.78, 5) is 10.3. The van der Waals surface area contributed by atoms with E-state index < -0.39 is 0 Å². The highest BCUT2D eigenvalue weighted by molar-refractivity contribution is 7.26. The maximum Gasteiger partial charge on any atom is 0.160 e. The lowest BCUT2D eigenvalue weighted by atomic mass is 10.1. The molecular formula is C40H23N3OS. The summed E-state index contributed by atoms with van der Waals surface area (Å²) >= 11 is 1.76. The van der Waals surface area contributed by atoms with Crippen LogP contribution in [0, 0.1) is 0 Å². The van der Waals surface area contributed by atoms with Gasteiger partial charge in [-0.05, 0) is 42.5 Å². The number of thiophene rings is 1. The lowest BCUT2D eigenvalue weighted by Crippen LogP contribution is -1.96. The number of aromatic nitrogens is 3. The van der Waals surface area contributed by atoms with E-state index in [1.54, 1.807) is 11.3 Å². The van der Waals surface area contributed by atoms with Crippen LogP contribution in [0.4, 0.5) is 0 Å². The third kappa shape index (κ3) is 3.59. The molecule has 5 heteroatoms. The second-order valence-electron chi connectivity index (χ2n) is 11.4. The van der Waals surface area contributed by atoms with Gasteiger partial charge in [-0.1, -0.05) is 97.1 Å². The predicted octanol–water partition coefficient (Wildman–Crippen LogP) is 11.2. The Bertz CT molecular complexity index is 2770. The second kappa shape index (κ2) is 9.36. The number of para-hydroxylation sites is 2. The number of nitrogens with zero attached hydrogens (tertiary/aromatic N) is 3. The quantitative estimate of drug-likeness (QED) is 0.205. The van der Waals surface area contributed by atoms with E-state index >= 15 is 0 Å². The van der Waals surface area contributed by atoms with Crippen molar-refractivity contribution < 1.29 is 4.42 Å². The second-order valence-corrected chi connectivity index (χ2v) is 12.4. The molecule has 0 aliphatic carbocycles. The van der Waals surface area contributed by atoms with Gasteiger partial charge in [0.2, 0.25) is 0 Å². The first-order chi connectivity index (χ1) is 22.3. The summed E-state index contributed by atoms with van der Waals surface area (Å²) in [6.45, 7) is 0. The average Bonchev–Trinajstić information content (AvgIpc) is 3.77. The van der Waals surface area contributed by atoms with Crippen molar-refractivity contribution in [1.29, 1.82) is 0 Å². The lowest BCUT2D eigenvalue weighted by Gasteiger charge is -2.11. The Morgan fingerprint density at radius 2 is 1.29 bits per heavy atom. The Morgan fingerprint density at radius 1 is 0.533 bits per heavy atom. The highest BCUT2D eigenvalue weighted by Gasteiger charge is 2.20. The molecule has 0 unspecified atom stereocenters. The van der Waals surface area contributed by atoms with Crippen molar-refractivity contribution in [3.8, 4) is 28.3 Å². The van der Waals surface area contributed by atoms with Crippen molar-refractivity contribution in [2.75, 3.05) is 0 Å². The van der Waals surface area contributed by atoms with E-state index in [1.807, 2.05) is 30.3 Å². The molecule has 0 bridgehead atoms. The van der Waals surface area contributed by atoms with E-state index in [1.165, 1.54) is 15.5 Å². The predicted molar refractivity (Wildman–Crippen MR) is 187 cm³/mol. The van der Waals surface area contributed by atoms with Gasteiger partial charge in [0.25, 0.3) is 0 Å². The van der Waals surface area contributed by atoms with E-state index in [2.05, 4.69) is 114 Å². The highest BCUT2D eigenvalue weighted by Crippen LogP contribution is 2.43. The molecule has 10 aromatic rings. The SMILES string of the molecule is c1ccc(-c2nc(-c3cccc(-n4c5ccccc5c5c6c(ccc54)oc4ccccc46)c3)c3sc4ccccc4c3n2)cc1. The van der Waals surface area contributed by atoms with Crippen molar-refractivity contribution >= 4 is 75.4 Å². The van der Waals surface area contributed by atoms with E-state index in [9.17, 15) is 0 Å². The smallest absolute Gasteiger partial charge is 0.160 e. The number of hydrogen-bond donors (Lipinski definition) is 0. The standard InChI is InChI=1S/C40H23N3OS/c1-2-11-24(12-3-1)40-41-37(39-38(42-40)29-17-6-9-20-34(29)45-39)25-13-10-14-26(23-25)43-30-18-7-4-15-27(30)35-31(43)21-22-33-36(35)28-16-5-8-19-32(28)44-33/h1-23H. The van der Waals surface area contributed by atoms with E-state index in [-0.39, 0.29) is 0 Å². The van der Waals surface area contributed by atoms with Gasteiger partial charge in [0.15, 0.2) is 5.82 Å². The van der Waals surface area contributed by atoms with Gasteiger partial charge < -0.3 is 8.98 Å². The van der Waals surface area contributed by atoms with Gasteiger partial charge in [-0.15, -0.1) is 11.3 Å². The van der Waals surface area contributed by atoms with Gasteiger partial charge in [0.05, 0.1) is 26.9 Å². The van der Waals surface area contributed by atoms with Gasteiger partial charge in [0.1, 0.15) is 11.2 Å². The Balaban J connectivity index is 1.26. The Labute approximate surface area is 261 Å². The molecule has 0 saturated heterocycles. The van der Waals surface area contributed by atoms with Crippen LogP contribution in [0.25, 0.3) is 92.4 Å². The Kier molecular flexibility index (Phi) is 5.12. The molecule has 0 fully saturated rings. The van der Waals surface area contributed by atoms with Crippen molar-refractivity contribution in [2.24, 2.45) is 0 Å². The van der Waals surface area contributed by atoms with Gasteiger partial charge in [-0.25, -0.2) is 9.97 Å². The van der Waals surface area contributed by atoms with Crippen molar-refractivity contribution in [2.45, 2.75) is 0 Å². The molecule has 4 nitrogen and oxygen atoms in total. The third-order valence-electron chi connectivity index (χ3n) is 8.81. The van der Waals surface area contributed by atoms with Crippen LogP contribution in [0.15, 0.2) is 144 Å². The molecule has 0 atom stereocenters. The molecule has 4 heterocycles. The monoisotopic (exact) mass is 593 g/mol. The minimum absolute atomic E-state index is 0.734. The normalized spacial score (nSPS) is 12.0. The van der Waals surface area contributed by atoms with Crippen molar-refractivity contribution in [3.63, 3.8) is 0 Å². The molecule has 0 amide bonds. The van der Waals surface area contributed by atoms with E-state index in [0.717, 1.165) is 76.9 Å². The summed E-state index contributed by atoms with van der Waals surface area (Å²) in [5.74, 6) is 0.734. The molecule has 0 radical (unpaired) electrons. The van der Waals surface area contributed by atoms with Gasteiger partial charge in [0, 0.05) is 48.4 Å². The van der Waals surface area contributed by atoms with E-state index in [0.29, 0.717) is 0 Å². The fraction of sp³-hybridized carbons (Fsp3) is 0. The van der Waals surface area contributed by atoms with Crippen LogP contribution in [-0.2, 0) is 0 Å². The van der Waals surface area contributed by atoms with Crippen LogP contribution in [-0.4, -0.2) is 14.5 Å². The zero-order valence-electron chi connectivity index (χ0n) is 23.9. The molecule has 10 rings (SSSR count). The van der Waals surface area contributed by atoms with Gasteiger partial charge in [-0.2, -0.15) is 0 Å². The molecule has 0 N–H and O–H groups in total. The first-order valence-electron chi connectivity index (χ1n) is 15.0. The minimum Gasteiger partial charge on any atom is -0.456 e. The minimum atomic E-state index is 0.734.